The van der Waals surface area contributed by atoms with E-state index < -0.39 is 0 Å². The van der Waals surface area contributed by atoms with Gasteiger partial charge in [0.25, 0.3) is 6.47 Å². The summed E-state index contributed by atoms with van der Waals surface area (Å²) in [6, 6.07) is 15.7. The summed E-state index contributed by atoms with van der Waals surface area (Å²) >= 11 is 0. The van der Waals surface area contributed by atoms with Gasteiger partial charge in [-0.1, -0.05) is 67.3 Å². The molecule has 0 atom stereocenters. The van der Waals surface area contributed by atoms with E-state index in [0.29, 0.717) is 13.1 Å². The van der Waals surface area contributed by atoms with Gasteiger partial charge in [0.1, 0.15) is 6.61 Å². The van der Waals surface area contributed by atoms with E-state index in [1.807, 2.05) is 96.0 Å². The SMILES string of the molecule is C=c1ccc(=C)cc1.C[CH-]C.C[CH-]C.Cc1ccc(COC=O)cc1.O=C=O.[CH3-].[CH3-].[Y].[Y]. The molecule has 2 rings (SSSR count). The Morgan fingerprint density at radius 2 is 1.09 bits per heavy atom. The quantitative estimate of drug-likeness (QED) is 0.374. The Morgan fingerprint density at radius 3 is 1.34 bits per heavy atom. The number of carbonyl (C=O) groups excluding carboxylic acids is 3. The topological polar surface area (TPSA) is 60.4 Å². The maximum Gasteiger partial charge on any atom is 0.373 e. The van der Waals surface area contributed by atoms with Crippen LogP contribution in [0, 0.1) is 34.6 Å². The first kappa shape index (κ1) is 48.6. The van der Waals surface area contributed by atoms with Crippen molar-refractivity contribution in [3.63, 3.8) is 0 Å². The Balaban J connectivity index is -0.0000000532. The monoisotopic (exact) mass is 592 g/mol. The van der Waals surface area contributed by atoms with Crippen LogP contribution in [0.4, 0.5) is 0 Å². The molecule has 0 saturated carbocycles. The molecule has 0 aliphatic heterocycles. The van der Waals surface area contributed by atoms with E-state index in [4.69, 9.17) is 9.59 Å². The van der Waals surface area contributed by atoms with Gasteiger partial charge in [-0.3, -0.25) is 4.79 Å². The Labute approximate surface area is 247 Å². The molecular weight excluding hydrogens is 554 g/mol. The summed E-state index contributed by atoms with van der Waals surface area (Å²) in [7, 11) is 0. The number of carbonyl (C=O) groups is 1. The van der Waals surface area contributed by atoms with Crippen LogP contribution in [0.25, 0.3) is 13.2 Å². The first-order valence-electron chi connectivity index (χ1n) is 8.68. The van der Waals surface area contributed by atoms with Gasteiger partial charge in [-0.2, -0.15) is 37.3 Å². The van der Waals surface area contributed by atoms with Gasteiger partial charge in [0.15, 0.2) is 0 Å². The zero-order valence-corrected chi connectivity index (χ0v) is 26.4. The summed E-state index contributed by atoms with van der Waals surface area (Å²) in [5, 5.41) is 2.08. The average molecular weight is 592 g/mol. The summed E-state index contributed by atoms with van der Waals surface area (Å²) in [6.07, 6.45) is 4.25. The van der Waals surface area contributed by atoms with Gasteiger partial charge in [0.05, 0.1) is 0 Å². The van der Waals surface area contributed by atoms with Gasteiger partial charge in [0.2, 0.25) is 0 Å². The maximum atomic E-state index is 9.82. The van der Waals surface area contributed by atoms with Crippen LogP contribution in [0.3, 0.4) is 0 Å². The van der Waals surface area contributed by atoms with Gasteiger partial charge in [-0.25, -0.2) is 0 Å². The van der Waals surface area contributed by atoms with Gasteiger partial charge >= 0.3 is 6.15 Å². The molecule has 0 amide bonds. The number of hydrogen-bond acceptors (Lipinski definition) is 4. The van der Waals surface area contributed by atoms with E-state index in [-0.39, 0.29) is 86.4 Å². The molecule has 0 saturated heterocycles. The minimum absolute atomic E-state index is 0. The summed E-state index contributed by atoms with van der Waals surface area (Å²) < 4.78 is 4.58. The summed E-state index contributed by atoms with van der Waals surface area (Å²) in [4.78, 5) is 26.1. The predicted molar refractivity (Wildman–Crippen MR) is 128 cm³/mol. The molecule has 0 heterocycles. The zero-order valence-electron chi connectivity index (χ0n) is 20.8. The fourth-order valence-electron chi connectivity index (χ4n) is 1.35. The average Bonchev–Trinajstić information content (AvgIpc) is 2.66. The number of aryl methyl sites for hydroxylation is 1. The number of ether oxygens (including phenoxy) is 1. The molecule has 2 aromatic carbocycles. The van der Waals surface area contributed by atoms with Crippen molar-refractivity contribution < 1.29 is 84.5 Å². The summed E-state index contributed by atoms with van der Waals surface area (Å²) in [6.45, 7) is 18.3. The normalized spacial score (nSPS) is 6.78. The number of rotatable bonds is 3. The maximum absolute atomic E-state index is 9.82. The standard InChI is InChI=1S/C9H10O2.C8H8.2C3H7.CO2.2CH3.2Y/c1-8-2-4-9(5-3-8)6-11-7-10;1-7-3-5-8(2)6-4-7;2*1-3-2;2-1-3;;;;/h2-5,7H,6H2,1H3;3-6H,1-2H2;2*3H,1-2H3;;2*1H3;;/q;;2*-1;;2*-1;;. The molecule has 0 N–H and O–H groups in total. The molecule has 0 aliphatic rings. The van der Waals surface area contributed by atoms with Gasteiger partial charge in [0, 0.05) is 65.4 Å². The Bertz CT molecular complexity index is 672. The van der Waals surface area contributed by atoms with Crippen molar-refractivity contribution >= 4 is 25.8 Å². The first-order valence-corrected chi connectivity index (χ1v) is 8.68. The van der Waals surface area contributed by atoms with Crippen LogP contribution in [0.15, 0.2) is 48.5 Å². The van der Waals surface area contributed by atoms with E-state index in [0.717, 1.165) is 16.0 Å². The molecule has 2 aromatic rings. The predicted octanol–water partition coefficient (Wildman–Crippen LogP) is 4.95. The Morgan fingerprint density at radius 1 is 0.812 bits per heavy atom. The van der Waals surface area contributed by atoms with Gasteiger partial charge in [-0.05, 0) is 22.9 Å². The van der Waals surface area contributed by atoms with Crippen LogP contribution in [-0.4, -0.2) is 12.6 Å². The molecule has 2 radical (unpaired) electrons. The molecule has 0 aromatic heterocycles. The molecule has 0 aliphatic carbocycles. The molecule has 0 spiro atoms. The molecule has 0 fully saturated rings. The van der Waals surface area contributed by atoms with Gasteiger partial charge in [-0.15, -0.1) is 0 Å². The fraction of sp³-hybridized carbons (Fsp3) is 0.231. The van der Waals surface area contributed by atoms with Crippen molar-refractivity contribution in [2.24, 2.45) is 0 Å². The van der Waals surface area contributed by atoms with Crippen LogP contribution in [0.1, 0.15) is 38.8 Å². The third-order valence-electron chi connectivity index (χ3n) is 2.46. The molecule has 176 valence electrons. The minimum Gasteiger partial charge on any atom is -0.463 e. The van der Waals surface area contributed by atoms with E-state index in [9.17, 15) is 4.79 Å². The van der Waals surface area contributed by atoms with Crippen LogP contribution in [0.5, 0.6) is 0 Å². The third kappa shape index (κ3) is 43.2. The van der Waals surface area contributed by atoms with E-state index in [1.165, 1.54) is 5.56 Å². The second-order valence-electron chi connectivity index (χ2n) is 5.45. The van der Waals surface area contributed by atoms with Crippen molar-refractivity contribution in [2.45, 2.75) is 41.2 Å². The summed E-state index contributed by atoms with van der Waals surface area (Å²) in [5.41, 5.74) is 2.22. The van der Waals surface area contributed by atoms with Crippen molar-refractivity contribution in [1.82, 2.24) is 0 Å². The van der Waals surface area contributed by atoms with E-state index >= 15 is 0 Å². The molecule has 6 heteroatoms. The zero-order chi connectivity index (χ0) is 22.2. The molecule has 0 bridgehead atoms. The molecule has 4 nitrogen and oxygen atoms in total. The minimum atomic E-state index is 0. The van der Waals surface area contributed by atoms with Crippen LogP contribution in [0.2, 0.25) is 0 Å². The molecular formula is C26H38O4Y2-4. The van der Waals surface area contributed by atoms with Crippen LogP contribution in [-0.2, 0) is 91.1 Å². The third-order valence-corrected chi connectivity index (χ3v) is 2.46. The van der Waals surface area contributed by atoms with Crippen LogP contribution >= 0.6 is 0 Å². The second kappa shape index (κ2) is 40.6. The van der Waals surface area contributed by atoms with Crippen molar-refractivity contribution in [1.29, 1.82) is 0 Å². The fourth-order valence-corrected chi connectivity index (χ4v) is 1.35. The van der Waals surface area contributed by atoms with Crippen molar-refractivity contribution in [2.75, 3.05) is 0 Å². The Hall–Kier alpha value is -0.762. The number of benzene rings is 2. The van der Waals surface area contributed by atoms with Crippen molar-refractivity contribution in [3.05, 3.63) is 97.8 Å². The number of hydrogen-bond donors (Lipinski definition) is 0. The van der Waals surface area contributed by atoms with Crippen LogP contribution < -0.4 is 10.4 Å². The first-order chi connectivity index (χ1) is 13.4. The molecule has 32 heavy (non-hydrogen) atoms. The van der Waals surface area contributed by atoms with Crippen molar-refractivity contribution in [3.8, 4) is 0 Å². The van der Waals surface area contributed by atoms with Gasteiger partial charge < -0.3 is 32.4 Å². The van der Waals surface area contributed by atoms with E-state index in [1.54, 1.807) is 0 Å². The molecule has 0 unspecified atom stereocenters. The summed E-state index contributed by atoms with van der Waals surface area (Å²) in [5.74, 6) is 0. The largest absolute Gasteiger partial charge is 0.463 e. The smallest absolute Gasteiger partial charge is 0.373 e. The Kier molecular flexibility index (Phi) is 61.7. The second-order valence-corrected chi connectivity index (χ2v) is 5.45. The van der Waals surface area contributed by atoms with E-state index in [2.05, 4.69) is 17.9 Å².